The molecule has 0 unspecified atom stereocenters. The summed E-state index contributed by atoms with van der Waals surface area (Å²) in [6.07, 6.45) is 0. The second-order valence-corrected chi connectivity index (χ2v) is 8.33. The summed E-state index contributed by atoms with van der Waals surface area (Å²) >= 11 is 0. The summed E-state index contributed by atoms with van der Waals surface area (Å²) in [7, 11) is 2.52. The molecular formula is C30H22N2O6. The van der Waals surface area contributed by atoms with E-state index >= 15 is 0 Å². The molecule has 38 heavy (non-hydrogen) atoms. The van der Waals surface area contributed by atoms with Crippen molar-refractivity contribution in [1.29, 1.82) is 0 Å². The van der Waals surface area contributed by atoms with Crippen molar-refractivity contribution in [2.75, 3.05) is 24.0 Å². The Hall–Kier alpha value is -5.24. The van der Waals surface area contributed by atoms with Crippen molar-refractivity contribution in [2.45, 2.75) is 0 Å². The molecule has 0 N–H and O–H groups in total. The number of hydrogen-bond donors (Lipinski definition) is 0. The first-order valence-electron chi connectivity index (χ1n) is 11.7. The van der Waals surface area contributed by atoms with Crippen LogP contribution in [0.15, 0.2) is 97.1 Å². The van der Waals surface area contributed by atoms with Crippen LogP contribution < -0.4 is 9.80 Å². The number of hydrogen-bond acceptors (Lipinski definition) is 6. The molecule has 1 aliphatic rings. The van der Waals surface area contributed by atoms with Gasteiger partial charge in [-0.1, -0.05) is 48.5 Å². The molecule has 5 rings (SSSR count). The largest absolute Gasteiger partial charge is 0.465 e. The number of methoxy groups -OCH3 is 2. The molecule has 0 aliphatic carbocycles. The Kier molecular flexibility index (Phi) is 6.45. The van der Waals surface area contributed by atoms with E-state index in [2.05, 4.69) is 0 Å². The van der Waals surface area contributed by atoms with Crippen LogP contribution in [-0.2, 0) is 9.47 Å². The van der Waals surface area contributed by atoms with Crippen molar-refractivity contribution in [2.24, 2.45) is 0 Å². The fourth-order valence-electron chi connectivity index (χ4n) is 4.54. The first-order chi connectivity index (χ1) is 18.5. The lowest BCUT2D eigenvalue weighted by atomic mass is 9.99. The Morgan fingerprint density at radius 2 is 0.816 bits per heavy atom. The summed E-state index contributed by atoms with van der Waals surface area (Å²) in [5.41, 5.74) is 1.78. The Balaban J connectivity index is 1.82. The maximum atomic E-state index is 14.3. The van der Waals surface area contributed by atoms with E-state index < -0.39 is 23.8 Å². The van der Waals surface area contributed by atoms with Gasteiger partial charge in [-0.2, -0.15) is 0 Å². The van der Waals surface area contributed by atoms with Gasteiger partial charge in [0, 0.05) is 0 Å². The highest BCUT2D eigenvalue weighted by Crippen LogP contribution is 2.41. The summed E-state index contributed by atoms with van der Waals surface area (Å²) < 4.78 is 9.93. The number of fused-ring (bicyclic) bond motifs is 2. The highest BCUT2D eigenvalue weighted by atomic mass is 16.5. The third-order valence-electron chi connectivity index (χ3n) is 6.26. The topological polar surface area (TPSA) is 93.2 Å². The van der Waals surface area contributed by atoms with Crippen molar-refractivity contribution in [3.8, 4) is 0 Å². The molecule has 188 valence electrons. The van der Waals surface area contributed by atoms with Gasteiger partial charge in [0.15, 0.2) is 0 Å². The van der Waals surface area contributed by atoms with Crippen LogP contribution in [0.4, 0.5) is 22.7 Å². The number of anilines is 4. The highest BCUT2D eigenvalue weighted by Gasteiger charge is 2.36. The second-order valence-electron chi connectivity index (χ2n) is 8.33. The van der Waals surface area contributed by atoms with Crippen LogP contribution in [0.1, 0.15) is 41.4 Å². The minimum atomic E-state index is -0.624. The van der Waals surface area contributed by atoms with Gasteiger partial charge in [-0.25, -0.2) is 9.59 Å². The van der Waals surface area contributed by atoms with E-state index in [-0.39, 0.29) is 45.0 Å². The lowest BCUT2D eigenvalue weighted by Gasteiger charge is -2.34. The molecule has 0 atom stereocenters. The smallest absolute Gasteiger partial charge is 0.339 e. The summed E-state index contributed by atoms with van der Waals surface area (Å²) in [5.74, 6) is -2.20. The molecule has 0 aromatic heterocycles. The molecular weight excluding hydrogens is 484 g/mol. The molecule has 0 saturated heterocycles. The second kappa shape index (κ2) is 10.0. The van der Waals surface area contributed by atoms with Crippen molar-refractivity contribution >= 4 is 46.5 Å². The average Bonchev–Trinajstić information content (AvgIpc) is 2.97. The predicted octanol–water partition coefficient (Wildman–Crippen LogP) is 5.53. The molecule has 0 spiro atoms. The van der Waals surface area contributed by atoms with E-state index in [1.165, 1.54) is 24.0 Å². The molecule has 0 fully saturated rings. The quantitative estimate of drug-likeness (QED) is 0.338. The van der Waals surface area contributed by atoms with Crippen LogP contribution in [-0.4, -0.2) is 38.0 Å². The number of para-hydroxylation sites is 4. The number of amides is 2. The Bertz CT molecular complexity index is 1480. The third-order valence-corrected chi connectivity index (χ3v) is 6.26. The number of carbonyl (C=O) groups excluding carboxylic acids is 4. The summed E-state index contributed by atoms with van der Waals surface area (Å²) in [6, 6.07) is 26.3. The van der Waals surface area contributed by atoms with Crippen LogP contribution in [0.3, 0.4) is 0 Å². The zero-order valence-corrected chi connectivity index (χ0v) is 20.6. The molecule has 2 amide bonds. The van der Waals surface area contributed by atoms with E-state index in [0.717, 1.165) is 0 Å². The minimum Gasteiger partial charge on any atom is -0.465 e. The van der Waals surface area contributed by atoms with Gasteiger partial charge >= 0.3 is 11.9 Å². The zero-order chi connectivity index (χ0) is 26.8. The van der Waals surface area contributed by atoms with Crippen molar-refractivity contribution in [1.82, 2.24) is 0 Å². The maximum Gasteiger partial charge on any atom is 0.339 e. The first kappa shape index (κ1) is 24.5. The standard InChI is InChI=1S/C30H22N2O6/c1-37-29(35)21-13-5-9-17-25(21)31-23-15-7-3-11-19(23)28(34)32(24-16-8-4-12-20(24)27(31)33)26-18-10-6-14-22(26)30(36)38-2/h3-18H,1-2H3. The van der Waals surface area contributed by atoms with Crippen molar-refractivity contribution < 1.29 is 28.7 Å². The molecule has 0 saturated carbocycles. The maximum absolute atomic E-state index is 14.3. The summed E-state index contributed by atoms with van der Waals surface area (Å²) in [4.78, 5) is 56.6. The molecule has 4 aromatic carbocycles. The molecule has 8 heteroatoms. The predicted molar refractivity (Wildman–Crippen MR) is 141 cm³/mol. The first-order valence-corrected chi connectivity index (χ1v) is 11.7. The van der Waals surface area contributed by atoms with Crippen LogP contribution in [0.2, 0.25) is 0 Å². The van der Waals surface area contributed by atoms with E-state index in [0.29, 0.717) is 0 Å². The van der Waals surface area contributed by atoms with Gasteiger partial charge in [0.1, 0.15) is 0 Å². The number of carbonyl (C=O) groups is 4. The fraction of sp³-hybridized carbons (Fsp3) is 0.0667. The van der Waals surface area contributed by atoms with Gasteiger partial charge < -0.3 is 9.47 Å². The Morgan fingerprint density at radius 1 is 0.500 bits per heavy atom. The van der Waals surface area contributed by atoms with Gasteiger partial charge in [-0.3, -0.25) is 19.4 Å². The lowest BCUT2D eigenvalue weighted by Crippen LogP contribution is -2.37. The van der Waals surface area contributed by atoms with E-state index in [4.69, 9.17) is 9.47 Å². The van der Waals surface area contributed by atoms with E-state index in [1.54, 1.807) is 97.1 Å². The van der Waals surface area contributed by atoms with Gasteiger partial charge in [0.25, 0.3) is 11.8 Å². The molecule has 1 aliphatic heterocycles. The summed E-state index contributed by atoms with van der Waals surface area (Å²) in [5, 5.41) is 0. The van der Waals surface area contributed by atoms with Crippen molar-refractivity contribution in [3.05, 3.63) is 119 Å². The van der Waals surface area contributed by atoms with Crippen molar-refractivity contribution in [3.63, 3.8) is 0 Å². The SMILES string of the molecule is COC(=O)c1ccccc1N1C(=O)c2ccccc2N(c2ccccc2C(=O)OC)C(=O)c2ccccc21. The van der Waals surface area contributed by atoms with E-state index in [9.17, 15) is 19.2 Å². The molecule has 0 bridgehead atoms. The van der Waals surface area contributed by atoms with Crippen LogP contribution in [0, 0.1) is 0 Å². The molecule has 0 radical (unpaired) electrons. The Labute approximate surface area is 218 Å². The van der Waals surface area contributed by atoms with Gasteiger partial charge in [0.05, 0.1) is 59.2 Å². The third kappa shape index (κ3) is 3.98. The number of nitrogens with zero attached hydrogens (tertiary/aromatic N) is 2. The number of benzene rings is 4. The average molecular weight is 507 g/mol. The monoisotopic (exact) mass is 506 g/mol. The van der Waals surface area contributed by atoms with E-state index in [1.807, 2.05) is 0 Å². The Morgan fingerprint density at radius 3 is 1.18 bits per heavy atom. The molecule has 4 aromatic rings. The van der Waals surface area contributed by atoms with Crippen LogP contribution in [0.25, 0.3) is 0 Å². The highest BCUT2D eigenvalue weighted by molar-refractivity contribution is 6.26. The van der Waals surface area contributed by atoms with Gasteiger partial charge in [-0.05, 0) is 48.5 Å². The van der Waals surface area contributed by atoms with Gasteiger partial charge in [-0.15, -0.1) is 0 Å². The molecule has 8 nitrogen and oxygen atoms in total. The van der Waals surface area contributed by atoms with Crippen LogP contribution >= 0.6 is 0 Å². The summed E-state index contributed by atoms with van der Waals surface area (Å²) in [6.45, 7) is 0. The van der Waals surface area contributed by atoms with Gasteiger partial charge in [0.2, 0.25) is 0 Å². The number of esters is 2. The number of rotatable bonds is 4. The normalized spacial score (nSPS) is 12.7. The molecule has 1 heterocycles. The van der Waals surface area contributed by atoms with Crippen LogP contribution in [0.5, 0.6) is 0 Å². The fourth-order valence-corrected chi connectivity index (χ4v) is 4.54. The lowest BCUT2D eigenvalue weighted by molar-refractivity contribution is 0.0592. The minimum absolute atomic E-state index is 0.163. The zero-order valence-electron chi connectivity index (χ0n) is 20.6. The number of ether oxygens (including phenoxy) is 2.